The molecule has 0 unspecified atom stereocenters. The van der Waals surface area contributed by atoms with Gasteiger partial charge in [-0.3, -0.25) is 14.9 Å². The van der Waals surface area contributed by atoms with Gasteiger partial charge in [-0.25, -0.2) is 0 Å². The highest BCUT2D eigenvalue weighted by Gasteiger charge is 2.19. The molecule has 7 heteroatoms. The van der Waals surface area contributed by atoms with Crippen LogP contribution in [0.2, 0.25) is 0 Å². The summed E-state index contributed by atoms with van der Waals surface area (Å²) >= 11 is 0. The lowest BCUT2D eigenvalue weighted by molar-refractivity contribution is -0.384. The summed E-state index contributed by atoms with van der Waals surface area (Å²) in [6.45, 7) is 2.48. The number of aliphatic hydroxyl groups excluding tert-OH is 1. The van der Waals surface area contributed by atoms with Crippen LogP contribution in [0, 0.1) is 10.1 Å². The number of aliphatic hydroxyl groups is 1. The Balaban J connectivity index is 3.16. The van der Waals surface area contributed by atoms with Gasteiger partial charge < -0.3 is 15.3 Å². The molecule has 1 aromatic rings. The van der Waals surface area contributed by atoms with Crippen molar-refractivity contribution in [2.75, 3.05) is 32.1 Å². The number of nitrogens with one attached hydrogen (secondary N) is 1. The third-order valence-electron chi connectivity index (χ3n) is 2.59. The molecule has 104 valence electrons. The predicted molar refractivity (Wildman–Crippen MR) is 71.3 cm³/mol. The van der Waals surface area contributed by atoms with Gasteiger partial charge in [0.2, 0.25) is 0 Å². The molecule has 0 aliphatic rings. The molecule has 0 heterocycles. The quantitative estimate of drug-likeness (QED) is 0.594. The van der Waals surface area contributed by atoms with E-state index in [4.69, 9.17) is 5.11 Å². The molecule has 0 atom stereocenters. The molecule has 0 aromatic heterocycles. The second-order valence-electron chi connectivity index (χ2n) is 3.97. The number of nitro groups is 1. The third-order valence-corrected chi connectivity index (χ3v) is 2.59. The van der Waals surface area contributed by atoms with Crippen LogP contribution in [0.1, 0.15) is 17.3 Å². The van der Waals surface area contributed by atoms with Gasteiger partial charge in [0.25, 0.3) is 11.6 Å². The predicted octanol–water partition coefficient (Wildman–Crippen LogP) is 1.09. The number of likely N-dealkylation sites (N-methyl/N-ethyl adjacent to an activating group) is 1. The Bertz CT molecular complexity index is 476. The zero-order chi connectivity index (χ0) is 14.4. The van der Waals surface area contributed by atoms with E-state index in [1.54, 1.807) is 0 Å². The first kappa shape index (κ1) is 14.9. The van der Waals surface area contributed by atoms with Crippen molar-refractivity contribution in [3.05, 3.63) is 33.9 Å². The minimum absolute atomic E-state index is 0.137. The highest BCUT2D eigenvalue weighted by atomic mass is 16.6. The number of hydrogen-bond acceptors (Lipinski definition) is 5. The van der Waals surface area contributed by atoms with Crippen molar-refractivity contribution in [1.82, 2.24) is 4.90 Å². The van der Waals surface area contributed by atoms with Gasteiger partial charge in [0.15, 0.2) is 0 Å². The van der Waals surface area contributed by atoms with Crippen LogP contribution in [0.5, 0.6) is 0 Å². The lowest BCUT2D eigenvalue weighted by Gasteiger charge is -2.18. The largest absolute Gasteiger partial charge is 0.395 e. The van der Waals surface area contributed by atoms with Crippen LogP contribution >= 0.6 is 0 Å². The van der Waals surface area contributed by atoms with E-state index < -0.39 is 4.92 Å². The number of non-ortho nitro benzene ring substituents is 1. The maximum absolute atomic E-state index is 12.2. The number of anilines is 1. The van der Waals surface area contributed by atoms with Gasteiger partial charge in [-0.15, -0.1) is 0 Å². The SMILES string of the molecule is CCNc1ccc([N+](=O)[O-])cc1C(=O)N(C)CCO. The summed E-state index contributed by atoms with van der Waals surface area (Å²) in [6.07, 6.45) is 0. The molecule has 1 aromatic carbocycles. The highest BCUT2D eigenvalue weighted by molar-refractivity contribution is 6.00. The first-order chi connectivity index (χ1) is 9.01. The smallest absolute Gasteiger partial charge is 0.270 e. The number of nitro benzene ring substituents is 1. The normalized spacial score (nSPS) is 10.1. The maximum Gasteiger partial charge on any atom is 0.270 e. The minimum atomic E-state index is -0.543. The van der Waals surface area contributed by atoms with Crippen molar-refractivity contribution in [2.24, 2.45) is 0 Å². The van der Waals surface area contributed by atoms with Crippen LogP contribution in [-0.4, -0.2) is 47.6 Å². The molecular formula is C12H17N3O4. The lowest BCUT2D eigenvalue weighted by Crippen LogP contribution is -2.30. The first-order valence-corrected chi connectivity index (χ1v) is 5.89. The third kappa shape index (κ3) is 3.65. The Morgan fingerprint density at radius 1 is 1.53 bits per heavy atom. The minimum Gasteiger partial charge on any atom is -0.395 e. The molecule has 1 rings (SSSR count). The van der Waals surface area contributed by atoms with Crippen LogP contribution < -0.4 is 5.32 Å². The Hall–Kier alpha value is -2.15. The number of carbonyl (C=O) groups is 1. The number of nitrogens with zero attached hydrogens (tertiary/aromatic N) is 2. The summed E-state index contributed by atoms with van der Waals surface area (Å²) in [7, 11) is 1.53. The van der Waals surface area contributed by atoms with E-state index in [9.17, 15) is 14.9 Å². The van der Waals surface area contributed by atoms with Crippen molar-refractivity contribution in [3.8, 4) is 0 Å². The van der Waals surface area contributed by atoms with Gasteiger partial charge in [0.1, 0.15) is 0 Å². The Morgan fingerprint density at radius 3 is 2.74 bits per heavy atom. The first-order valence-electron chi connectivity index (χ1n) is 5.89. The van der Waals surface area contributed by atoms with E-state index in [2.05, 4.69) is 5.32 Å². The second-order valence-corrected chi connectivity index (χ2v) is 3.97. The number of amides is 1. The van der Waals surface area contributed by atoms with Crippen molar-refractivity contribution >= 4 is 17.3 Å². The molecule has 7 nitrogen and oxygen atoms in total. The van der Waals surface area contributed by atoms with Gasteiger partial charge in [0, 0.05) is 38.0 Å². The fraction of sp³-hybridized carbons (Fsp3) is 0.417. The molecule has 0 saturated carbocycles. The molecular weight excluding hydrogens is 250 g/mol. The Kier molecular flexibility index (Phi) is 5.25. The average molecular weight is 267 g/mol. The molecule has 2 N–H and O–H groups in total. The van der Waals surface area contributed by atoms with Gasteiger partial charge in [0.05, 0.1) is 17.1 Å². The molecule has 19 heavy (non-hydrogen) atoms. The molecule has 0 aliphatic heterocycles. The molecule has 0 radical (unpaired) electrons. The summed E-state index contributed by atoms with van der Waals surface area (Å²) in [5, 5.41) is 22.6. The summed E-state index contributed by atoms with van der Waals surface area (Å²) in [4.78, 5) is 23.7. The number of carbonyl (C=O) groups excluding carboxylic acids is 1. The molecule has 0 fully saturated rings. The van der Waals surface area contributed by atoms with Crippen molar-refractivity contribution in [3.63, 3.8) is 0 Å². The van der Waals surface area contributed by atoms with Crippen LogP contribution in [-0.2, 0) is 0 Å². The monoisotopic (exact) mass is 267 g/mol. The highest BCUT2D eigenvalue weighted by Crippen LogP contribution is 2.23. The maximum atomic E-state index is 12.2. The standard InChI is InChI=1S/C12H17N3O4/c1-3-13-11-5-4-9(15(18)19)8-10(11)12(17)14(2)6-7-16/h4-5,8,13,16H,3,6-7H2,1-2H3. The van der Waals surface area contributed by atoms with E-state index in [-0.39, 0.29) is 30.3 Å². The fourth-order valence-electron chi connectivity index (χ4n) is 1.62. The van der Waals surface area contributed by atoms with E-state index in [0.29, 0.717) is 12.2 Å². The van der Waals surface area contributed by atoms with Gasteiger partial charge in [-0.1, -0.05) is 0 Å². The van der Waals surface area contributed by atoms with Gasteiger partial charge in [-0.2, -0.15) is 0 Å². The molecule has 0 saturated heterocycles. The Morgan fingerprint density at radius 2 is 2.21 bits per heavy atom. The van der Waals surface area contributed by atoms with E-state index in [0.717, 1.165) is 0 Å². The molecule has 0 bridgehead atoms. The zero-order valence-corrected chi connectivity index (χ0v) is 10.9. The van der Waals surface area contributed by atoms with Crippen LogP contribution in [0.3, 0.4) is 0 Å². The zero-order valence-electron chi connectivity index (χ0n) is 10.9. The van der Waals surface area contributed by atoms with E-state index in [1.807, 2.05) is 6.92 Å². The Labute approximate surface area is 111 Å². The summed E-state index contributed by atoms with van der Waals surface area (Å²) in [5.74, 6) is -0.367. The van der Waals surface area contributed by atoms with Crippen LogP contribution in [0.15, 0.2) is 18.2 Å². The molecule has 1 amide bonds. The summed E-state index contributed by atoms with van der Waals surface area (Å²) < 4.78 is 0. The topological polar surface area (TPSA) is 95.7 Å². The molecule has 0 aliphatic carbocycles. The summed E-state index contributed by atoms with van der Waals surface area (Å²) in [6, 6.07) is 4.11. The van der Waals surface area contributed by atoms with Crippen LogP contribution in [0.25, 0.3) is 0 Å². The van der Waals surface area contributed by atoms with Crippen LogP contribution in [0.4, 0.5) is 11.4 Å². The van der Waals surface area contributed by atoms with E-state index >= 15 is 0 Å². The van der Waals surface area contributed by atoms with Gasteiger partial charge >= 0.3 is 0 Å². The van der Waals surface area contributed by atoms with E-state index in [1.165, 1.54) is 30.1 Å². The number of rotatable bonds is 6. The number of benzene rings is 1. The lowest BCUT2D eigenvalue weighted by atomic mass is 10.1. The average Bonchev–Trinajstić information content (AvgIpc) is 2.38. The van der Waals surface area contributed by atoms with Crippen molar-refractivity contribution in [1.29, 1.82) is 0 Å². The van der Waals surface area contributed by atoms with Crippen molar-refractivity contribution < 1.29 is 14.8 Å². The second kappa shape index (κ2) is 6.69. The summed E-state index contributed by atoms with van der Waals surface area (Å²) in [5.41, 5.74) is 0.636. The number of hydrogen-bond donors (Lipinski definition) is 2. The van der Waals surface area contributed by atoms with Gasteiger partial charge in [-0.05, 0) is 13.0 Å². The fourth-order valence-corrected chi connectivity index (χ4v) is 1.62. The molecule has 0 spiro atoms. The van der Waals surface area contributed by atoms with Crippen molar-refractivity contribution in [2.45, 2.75) is 6.92 Å².